The van der Waals surface area contributed by atoms with E-state index in [1.54, 1.807) is 13.0 Å². The Labute approximate surface area is 161 Å². The molecule has 1 atom stereocenters. The fraction of sp³-hybridized carbons (Fsp3) is 0.444. The minimum atomic E-state index is -0.684. The lowest BCUT2D eigenvalue weighted by Crippen LogP contribution is -2.17. The molecular formula is C18H22N4O6. The van der Waals surface area contributed by atoms with Crippen molar-refractivity contribution >= 4 is 17.4 Å². The van der Waals surface area contributed by atoms with Gasteiger partial charge < -0.3 is 20.2 Å². The molecule has 10 nitrogen and oxygen atoms in total. The van der Waals surface area contributed by atoms with Crippen LogP contribution in [0.2, 0.25) is 0 Å². The lowest BCUT2D eigenvalue weighted by atomic mass is 10.00. The molecule has 1 unspecified atom stereocenters. The highest BCUT2D eigenvalue weighted by Crippen LogP contribution is 2.36. The summed E-state index contributed by atoms with van der Waals surface area (Å²) in [4.78, 5) is 37.0. The van der Waals surface area contributed by atoms with Crippen LogP contribution in [-0.4, -0.2) is 34.6 Å². The number of aromatic nitrogens is 2. The van der Waals surface area contributed by atoms with E-state index in [9.17, 15) is 14.9 Å². The van der Waals surface area contributed by atoms with Crippen molar-refractivity contribution < 1.29 is 24.2 Å². The zero-order valence-electron chi connectivity index (χ0n) is 15.9. The van der Waals surface area contributed by atoms with E-state index in [0.717, 1.165) is 18.4 Å². The molecule has 1 N–H and O–H groups in total. The van der Waals surface area contributed by atoms with Gasteiger partial charge in [-0.25, -0.2) is 19.3 Å². The van der Waals surface area contributed by atoms with Gasteiger partial charge in [0.15, 0.2) is 11.9 Å². The van der Waals surface area contributed by atoms with Gasteiger partial charge >= 0.3 is 5.82 Å². The molecule has 0 radical (unpaired) electrons. The smallest absolute Gasteiger partial charge is 0.342 e. The minimum Gasteiger partial charge on any atom is -0.496 e. The molecule has 10 heteroatoms. The first-order chi connectivity index (χ1) is 13.4. The van der Waals surface area contributed by atoms with E-state index in [1.807, 2.05) is 6.07 Å². The summed E-state index contributed by atoms with van der Waals surface area (Å²) in [6, 6.07) is 3.64. The first-order valence-corrected chi connectivity index (χ1v) is 8.81. The Kier molecular flexibility index (Phi) is 5.90. The second-order valence-electron chi connectivity index (χ2n) is 6.44. The van der Waals surface area contributed by atoms with Gasteiger partial charge in [0.05, 0.1) is 14.2 Å². The second-order valence-corrected chi connectivity index (χ2v) is 6.44. The standard InChI is InChI=1S/C18H22N4O6/c1-11-19-9-18(22(24)25)21(11)10-16(28-27-3)13-7-12-5-4-6-17(23)20-14(12)8-15(13)26-2/h7-9,16H,4-6,10H2,1-3H3,(H,20,23). The van der Waals surface area contributed by atoms with E-state index in [-0.39, 0.29) is 18.3 Å². The zero-order chi connectivity index (χ0) is 20.3. The molecule has 3 rings (SSSR count). The summed E-state index contributed by atoms with van der Waals surface area (Å²) in [5.41, 5.74) is 2.31. The Morgan fingerprint density at radius 2 is 2.14 bits per heavy atom. The van der Waals surface area contributed by atoms with Crippen LogP contribution in [0.4, 0.5) is 11.5 Å². The molecular weight excluding hydrogens is 368 g/mol. The topological polar surface area (TPSA) is 118 Å². The van der Waals surface area contributed by atoms with E-state index in [0.29, 0.717) is 29.2 Å². The number of ether oxygens (including phenoxy) is 1. The average molecular weight is 390 g/mol. The molecule has 150 valence electrons. The third-order valence-corrected chi connectivity index (χ3v) is 4.71. The van der Waals surface area contributed by atoms with E-state index in [2.05, 4.69) is 10.3 Å². The highest BCUT2D eigenvalue weighted by molar-refractivity contribution is 5.92. The lowest BCUT2D eigenvalue weighted by molar-refractivity contribution is -0.393. The van der Waals surface area contributed by atoms with Crippen LogP contribution in [0.3, 0.4) is 0 Å². The Hall–Kier alpha value is -2.98. The van der Waals surface area contributed by atoms with Gasteiger partial charge in [0.1, 0.15) is 18.5 Å². The van der Waals surface area contributed by atoms with Crippen LogP contribution in [0, 0.1) is 17.0 Å². The van der Waals surface area contributed by atoms with E-state index >= 15 is 0 Å². The summed E-state index contributed by atoms with van der Waals surface area (Å²) in [5, 5.41) is 14.2. The third-order valence-electron chi connectivity index (χ3n) is 4.71. The fourth-order valence-corrected chi connectivity index (χ4v) is 3.34. The summed E-state index contributed by atoms with van der Waals surface area (Å²) < 4.78 is 6.95. The monoisotopic (exact) mass is 390 g/mol. The number of nitro groups is 1. The number of rotatable bonds is 7. The number of aryl methyl sites for hydroxylation is 2. The molecule has 0 aliphatic carbocycles. The maximum atomic E-state index is 11.8. The van der Waals surface area contributed by atoms with Crippen LogP contribution >= 0.6 is 0 Å². The van der Waals surface area contributed by atoms with Crippen LogP contribution in [0.25, 0.3) is 0 Å². The number of anilines is 1. The molecule has 0 bridgehead atoms. The van der Waals surface area contributed by atoms with Crippen LogP contribution in [-0.2, 0) is 27.5 Å². The number of nitrogens with one attached hydrogen (secondary N) is 1. The van der Waals surface area contributed by atoms with Crippen molar-refractivity contribution in [1.82, 2.24) is 9.55 Å². The van der Waals surface area contributed by atoms with Crippen LogP contribution in [0.1, 0.15) is 35.9 Å². The largest absolute Gasteiger partial charge is 0.496 e. The quantitative estimate of drug-likeness (QED) is 0.439. The van der Waals surface area contributed by atoms with Gasteiger partial charge in [0.2, 0.25) is 5.91 Å². The number of methoxy groups -OCH3 is 1. The molecule has 28 heavy (non-hydrogen) atoms. The molecule has 0 spiro atoms. The molecule has 0 saturated heterocycles. The van der Waals surface area contributed by atoms with Gasteiger partial charge in [-0.2, -0.15) is 0 Å². The summed E-state index contributed by atoms with van der Waals surface area (Å²) >= 11 is 0. The Balaban J connectivity index is 2.02. The van der Waals surface area contributed by atoms with E-state index in [4.69, 9.17) is 14.5 Å². The number of hydrogen-bond acceptors (Lipinski definition) is 7. The molecule has 0 saturated carbocycles. The normalized spacial score (nSPS) is 14.8. The lowest BCUT2D eigenvalue weighted by Gasteiger charge is -2.20. The summed E-state index contributed by atoms with van der Waals surface area (Å²) in [6.45, 7) is 1.79. The fourth-order valence-electron chi connectivity index (χ4n) is 3.34. The average Bonchev–Trinajstić information content (AvgIpc) is 2.91. The van der Waals surface area contributed by atoms with Crippen molar-refractivity contribution in [2.75, 3.05) is 19.5 Å². The SMILES string of the molecule is COOC(Cn1c([N+](=O)[O-])cnc1C)c1cc2c(cc1OC)NC(=O)CCC2. The Bertz CT molecular complexity index is 894. The predicted octanol–water partition coefficient (Wildman–Crippen LogP) is 2.70. The van der Waals surface area contributed by atoms with Gasteiger partial charge in [-0.1, -0.05) is 0 Å². The van der Waals surface area contributed by atoms with Crippen LogP contribution in [0.5, 0.6) is 5.75 Å². The van der Waals surface area contributed by atoms with Crippen molar-refractivity contribution in [1.29, 1.82) is 0 Å². The first kappa shape index (κ1) is 19.8. The van der Waals surface area contributed by atoms with Crippen molar-refractivity contribution in [2.45, 2.75) is 38.8 Å². The third kappa shape index (κ3) is 3.97. The summed E-state index contributed by atoms with van der Waals surface area (Å²) in [5.74, 6) is 0.798. The number of benzene rings is 1. The molecule has 1 aromatic carbocycles. The maximum Gasteiger partial charge on any atom is 0.342 e. The number of hydrogen-bond donors (Lipinski definition) is 1. The Morgan fingerprint density at radius 3 is 2.82 bits per heavy atom. The number of nitrogens with zero attached hydrogens (tertiary/aromatic N) is 3. The minimum absolute atomic E-state index is 0.0390. The Morgan fingerprint density at radius 1 is 1.36 bits per heavy atom. The number of carbonyl (C=O) groups is 1. The van der Waals surface area contributed by atoms with Gasteiger partial charge in [0.25, 0.3) is 0 Å². The van der Waals surface area contributed by atoms with Gasteiger partial charge in [-0.3, -0.25) is 4.79 Å². The zero-order valence-corrected chi connectivity index (χ0v) is 15.9. The van der Waals surface area contributed by atoms with Crippen molar-refractivity contribution in [3.05, 3.63) is 45.4 Å². The predicted molar refractivity (Wildman–Crippen MR) is 99.0 cm³/mol. The second kappa shape index (κ2) is 8.36. The number of fused-ring (bicyclic) bond motifs is 1. The highest BCUT2D eigenvalue weighted by Gasteiger charge is 2.28. The van der Waals surface area contributed by atoms with Crippen molar-refractivity contribution in [2.24, 2.45) is 0 Å². The summed E-state index contributed by atoms with van der Waals surface area (Å²) in [7, 11) is 2.89. The van der Waals surface area contributed by atoms with Gasteiger partial charge in [0, 0.05) is 30.7 Å². The first-order valence-electron chi connectivity index (χ1n) is 8.81. The molecule has 1 amide bonds. The number of imidazole rings is 1. The molecule has 0 fully saturated rings. The van der Waals surface area contributed by atoms with Gasteiger partial charge in [-0.15, -0.1) is 0 Å². The van der Waals surface area contributed by atoms with Crippen molar-refractivity contribution in [3.63, 3.8) is 0 Å². The summed E-state index contributed by atoms with van der Waals surface area (Å²) in [6.07, 6.45) is 2.42. The molecule has 2 aromatic rings. The van der Waals surface area contributed by atoms with Crippen molar-refractivity contribution in [3.8, 4) is 5.75 Å². The number of carbonyl (C=O) groups excluding carboxylic acids is 1. The van der Waals surface area contributed by atoms with Gasteiger partial charge in [-0.05, 0) is 29.4 Å². The maximum absolute atomic E-state index is 11.8. The number of amides is 1. The van der Waals surface area contributed by atoms with E-state index in [1.165, 1.54) is 25.0 Å². The van der Waals surface area contributed by atoms with Crippen LogP contribution in [0.15, 0.2) is 18.3 Å². The molecule has 1 aromatic heterocycles. The highest BCUT2D eigenvalue weighted by atomic mass is 17.2. The molecule has 1 aliphatic rings. The molecule has 2 heterocycles. The molecule has 1 aliphatic heterocycles. The van der Waals surface area contributed by atoms with E-state index < -0.39 is 11.0 Å². The van der Waals surface area contributed by atoms with Crippen LogP contribution < -0.4 is 10.1 Å².